The van der Waals surface area contributed by atoms with Crippen LogP contribution in [0.2, 0.25) is 0 Å². The topological polar surface area (TPSA) is 124 Å². The highest BCUT2D eigenvalue weighted by Crippen LogP contribution is 2.28. The number of aromatic nitrogens is 5. The van der Waals surface area contributed by atoms with E-state index >= 15 is 0 Å². The number of aryl methyl sites for hydroxylation is 2. The van der Waals surface area contributed by atoms with E-state index in [1.807, 2.05) is 56.3 Å². The molecular formula is C26H25N7O2. The van der Waals surface area contributed by atoms with E-state index in [-0.39, 0.29) is 11.8 Å². The molecule has 0 aliphatic rings. The van der Waals surface area contributed by atoms with Gasteiger partial charge in [-0.3, -0.25) is 14.6 Å². The lowest BCUT2D eigenvalue weighted by atomic mass is 10.0. The summed E-state index contributed by atoms with van der Waals surface area (Å²) in [5.41, 5.74) is 5.62. The van der Waals surface area contributed by atoms with E-state index in [1.165, 1.54) is 0 Å². The molecule has 3 aromatic heterocycles. The maximum absolute atomic E-state index is 12.8. The number of hydrogen-bond acceptors (Lipinski definition) is 5. The van der Waals surface area contributed by atoms with Crippen molar-refractivity contribution in [3.8, 4) is 5.88 Å². The summed E-state index contributed by atoms with van der Waals surface area (Å²) in [6.07, 6.45) is 3.90. The molecule has 0 aliphatic heterocycles. The van der Waals surface area contributed by atoms with Gasteiger partial charge < -0.3 is 15.4 Å². The summed E-state index contributed by atoms with van der Waals surface area (Å²) in [7, 11) is 0. The fourth-order valence-corrected chi connectivity index (χ4v) is 4.10. The van der Waals surface area contributed by atoms with Crippen LogP contribution in [0.25, 0.3) is 10.9 Å². The Morgan fingerprint density at radius 2 is 2.03 bits per heavy atom. The highest BCUT2D eigenvalue weighted by molar-refractivity contribution is 6.03. The molecule has 4 N–H and O–H groups in total. The highest BCUT2D eigenvalue weighted by Gasteiger charge is 2.14. The molecule has 0 fully saturated rings. The van der Waals surface area contributed by atoms with Gasteiger partial charge in [-0.2, -0.15) is 10.2 Å². The van der Waals surface area contributed by atoms with Crippen LogP contribution in [0.15, 0.2) is 65.8 Å². The summed E-state index contributed by atoms with van der Waals surface area (Å²) in [5, 5.41) is 25.2. The molecule has 0 unspecified atom stereocenters. The molecule has 9 heteroatoms. The van der Waals surface area contributed by atoms with Gasteiger partial charge in [0.05, 0.1) is 17.5 Å². The first kappa shape index (κ1) is 22.1. The molecular weight excluding hydrogens is 442 g/mol. The molecule has 0 atom stereocenters. The lowest BCUT2D eigenvalue weighted by Gasteiger charge is -2.09. The zero-order valence-electron chi connectivity index (χ0n) is 19.4. The van der Waals surface area contributed by atoms with Crippen LogP contribution in [-0.4, -0.2) is 42.2 Å². The summed E-state index contributed by atoms with van der Waals surface area (Å²) >= 11 is 0. The first-order valence-corrected chi connectivity index (χ1v) is 11.3. The lowest BCUT2D eigenvalue weighted by molar-refractivity contribution is 0.101. The molecule has 2 aromatic carbocycles. The van der Waals surface area contributed by atoms with E-state index in [9.17, 15) is 9.90 Å². The van der Waals surface area contributed by atoms with Crippen molar-refractivity contribution in [2.24, 2.45) is 4.99 Å². The van der Waals surface area contributed by atoms with E-state index < -0.39 is 0 Å². The van der Waals surface area contributed by atoms with Gasteiger partial charge in [-0.25, -0.2) is 4.99 Å². The molecule has 0 spiro atoms. The van der Waals surface area contributed by atoms with Gasteiger partial charge in [-0.1, -0.05) is 18.2 Å². The summed E-state index contributed by atoms with van der Waals surface area (Å²) in [6.45, 7) is 4.46. The molecule has 0 saturated carbocycles. The SMILES string of the molecule is CCn1nc(C)cc1C(=O)Nc1cccc(Cc2ccc3[nH]c(O)c(C=Nc4ccn[nH]4)c3c2)c1. The maximum atomic E-state index is 12.8. The van der Waals surface area contributed by atoms with Crippen molar-refractivity contribution in [2.75, 3.05) is 5.32 Å². The summed E-state index contributed by atoms with van der Waals surface area (Å²) in [5.74, 6) is 0.479. The Bertz CT molecular complexity index is 1530. The van der Waals surface area contributed by atoms with Crippen LogP contribution in [-0.2, 0) is 13.0 Å². The predicted molar refractivity (Wildman–Crippen MR) is 136 cm³/mol. The minimum Gasteiger partial charge on any atom is -0.494 e. The number of benzene rings is 2. The summed E-state index contributed by atoms with van der Waals surface area (Å²) in [4.78, 5) is 20.1. The zero-order chi connectivity index (χ0) is 24.4. The van der Waals surface area contributed by atoms with Gasteiger partial charge in [-0.05, 0) is 61.7 Å². The average Bonchev–Trinajstić information content (AvgIpc) is 3.56. The quantitative estimate of drug-likeness (QED) is 0.259. The number of carbonyl (C=O) groups excluding carboxylic acids is 1. The van der Waals surface area contributed by atoms with Crippen molar-refractivity contribution >= 4 is 34.5 Å². The Morgan fingerprint density at radius 1 is 1.17 bits per heavy atom. The number of aliphatic imine (C=N–C) groups is 1. The normalized spacial score (nSPS) is 11.5. The minimum absolute atomic E-state index is 0.0617. The van der Waals surface area contributed by atoms with Gasteiger partial charge in [0, 0.05) is 35.4 Å². The average molecular weight is 468 g/mol. The Hall–Kier alpha value is -4.66. The molecule has 5 rings (SSSR count). The van der Waals surface area contributed by atoms with Gasteiger partial charge in [0.25, 0.3) is 5.91 Å². The second kappa shape index (κ2) is 9.30. The molecule has 0 bridgehead atoms. The van der Waals surface area contributed by atoms with Gasteiger partial charge in [0.2, 0.25) is 0 Å². The van der Waals surface area contributed by atoms with Gasteiger partial charge >= 0.3 is 0 Å². The monoisotopic (exact) mass is 467 g/mol. The first-order chi connectivity index (χ1) is 17.0. The fraction of sp³-hybridized carbons (Fsp3) is 0.154. The van der Waals surface area contributed by atoms with Crippen molar-refractivity contribution in [2.45, 2.75) is 26.8 Å². The number of hydrogen-bond donors (Lipinski definition) is 4. The zero-order valence-corrected chi connectivity index (χ0v) is 19.4. The van der Waals surface area contributed by atoms with Gasteiger partial charge in [0.1, 0.15) is 11.5 Å². The van der Waals surface area contributed by atoms with Crippen LogP contribution in [0, 0.1) is 6.92 Å². The number of amides is 1. The van der Waals surface area contributed by atoms with Crippen LogP contribution in [0.5, 0.6) is 5.88 Å². The summed E-state index contributed by atoms with van der Waals surface area (Å²) in [6, 6.07) is 17.3. The van der Waals surface area contributed by atoms with E-state index in [4.69, 9.17) is 0 Å². The number of carbonyl (C=O) groups is 1. The molecule has 1 amide bonds. The first-order valence-electron chi connectivity index (χ1n) is 11.3. The molecule has 0 saturated heterocycles. The predicted octanol–water partition coefficient (Wildman–Crippen LogP) is 4.72. The largest absolute Gasteiger partial charge is 0.494 e. The smallest absolute Gasteiger partial charge is 0.273 e. The second-order valence-corrected chi connectivity index (χ2v) is 8.29. The van der Waals surface area contributed by atoms with Crippen molar-refractivity contribution in [1.82, 2.24) is 25.0 Å². The minimum atomic E-state index is -0.185. The maximum Gasteiger partial charge on any atom is 0.273 e. The third-order valence-corrected chi connectivity index (χ3v) is 5.73. The van der Waals surface area contributed by atoms with E-state index in [2.05, 4.69) is 30.6 Å². The number of nitrogens with one attached hydrogen (secondary N) is 3. The Labute approximate surface area is 201 Å². The molecule has 0 aliphatic carbocycles. The number of aromatic amines is 2. The Morgan fingerprint density at radius 3 is 2.83 bits per heavy atom. The van der Waals surface area contributed by atoms with Gasteiger partial charge in [-0.15, -0.1) is 0 Å². The van der Waals surface area contributed by atoms with Crippen molar-refractivity contribution in [1.29, 1.82) is 0 Å². The molecule has 9 nitrogen and oxygen atoms in total. The van der Waals surface area contributed by atoms with Crippen LogP contribution in [0.4, 0.5) is 11.5 Å². The van der Waals surface area contributed by atoms with Crippen molar-refractivity contribution in [3.05, 3.63) is 88.9 Å². The Kier molecular flexibility index (Phi) is 5.88. The molecule has 35 heavy (non-hydrogen) atoms. The Balaban J connectivity index is 1.37. The van der Waals surface area contributed by atoms with Gasteiger partial charge in [0.15, 0.2) is 5.88 Å². The second-order valence-electron chi connectivity index (χ2n) is 8.29. The highest BCUT2D eigenvalue weighted by atomic mass is 16.3. The van der Waals surface area contributed by atoms with E-state index in [0.717, 1.165) is 33.4 Å². The van der Waals surface area contributed by atoms with Crippen LogP contribution in [0.3, 0.4) is 0 Å². The number of H-pyrrole nitrogens is 2. The number of anilines is 1. The van der Waals surface area contributed by atoms with E-state index in [1.54, 1.807) is 29.2 Å². The molecule has 3 heterocycles. The molecule has 0 radical (unpaired) electrons. The number of aromatic hydroxyl groups is 1. The number of nitrogens with zero attached hydrogens (tertiary/aromatic N) is 4. The lowest BCUT2D eigenvalue weighted by Crippen LogP contribution is -2.17. The third-order valence-electron chi connectivity index (χ3n) is 5.73. The van der Waals surface area contributed by atoms with Crippen molar-refractivity contribution in [3.63, 3.8) is 0 Å². The van der Waals surface area contributed by atoms with Crippen molar-refractivity contribution < 1.29 is 9.90 Å². The van der Waals surface area contributed by atoms with Crippen LogP contribution in [0.1, 0.15) is 39.8 Å². The number of rotatable bonds is 7. The van der Waals surface area contributed by atoms with E-state index in [0.29, 0.717) is 30.0 Å². The van der Waals surface area contributed by atoms with Crippen LogP contribution < -0.4 is 5.32 Å². The number of fused-ring (bicyclic) bond motifs is 1. The molecule has 176 valence electrons. The van der Waals surface area contributed by atoms with Crippen LogP contribution >= 0.6 is 0 Å². The third kappa shape index (κ3) is 4.70. The standard InChI is InChI=1S/C26H25N7O2/c1-3-33-23(11-16(2)32-33)26(35)29-19-6-4-5-17(13-19)12-18-7-8-22-20(14-18)21(25(34)30-22)15-27-24-9-10-28-31-24/h4-11,13-15,30,34H,3,12H2,1-2H3,(H,28,31)(H,29,35). The summed E-state index contributed by atoms with van der Waals surface area (Å²) < 4.78 is 1.70. The fourth-order valence-electron chi connectivity index (χ4n) is 4.10. The molecule has 5 aromatic rings.